The molecule has 0 bridgehead atoms. The standard InChI is InChI=1S/C18H22FN7/c1-20-24-17(22-12-25(2)3)16-11-26-9-8-21-18(26)15(23-16)10-13-6-4-5-7-14(13)19/h4-9,11,20H,10,12H2,1-3H3,(H,22,24). The van der Waals surface area contributed by atoms with Gasteiger partial charge in [0.25, 0.3) is 0 Å². The number of rotatable bonds is 6. The lowest BCUT2D eigenvalue weighted by Crippen LogP contribution is -2.36. The van der Waals surface area contributed by atoms with Gasteiger partial charge in [0.15, 0.2) is 11.5 Å². The predicted octanol–water partition coefficient (Wildman–Crippen LogP) is 1.45. The van der Waals surface area contributed by atoms with E-state index in [-0.39, 0.29) is 5.82 Å². The van der Waals surface area contributed by atoms with Gasteiger partial charge in [-0.15, -0.1) is 0 Å². The Morgan fingerprint density at radius 1 is 1.31 bits per heavy atom. The Bertz CT molecular complexity index is 917. The van der Waals surface area contributed by atoms with Crippen molar-refractivity contribution in [2.75, 3.05) is 27.8 Å². The molecule has 3 aromatic rings. The second-order valence-corrected chi connectivity index (χ2v) is 6.10. The Morgan fingerprint density at radius 2 is 2.12 bits per heavy atom. The minimum Gasteiger partial charge on any atom is -0.304 e. The number of amidine groups is 1. The van der Waals surface area contributed by atoms with Gasteiger partial charge in [0.05, 0.1) is 12.4 Å². The van der Waals surface area contributed by atoms with Crippen LogP contribution in [0.1, 0.15) is 17.0 Å². The quantitative estimate of drug-likeness (QED) is 0.398. The molecular formula is C18H22FN7. The van der Waals surface area contributed by atoms with Crippen molar-refractivity contribution in [1.29, 1.82) is 0 Å². The molecule has 136 valence electrons. The summed E-state index contributed by atoms with van der Waals surface area (Å²) in [5.74, 6) is 0.353. The Kier molecular flexibility index (Phi) is 5.55. The van der Waals surface area contributed by atoms with Crippen LogP contribution in [0, 0.1) is 5.82 Å². The monoisotopic (exact) mass is 355 g/mol. The number of fused-ring (bicyclic) bond motifs is 1. The van der Waals surface area contributed by atoms with Gasteiger partial charge in [0, 0.05) is 32.1 Å². The molecule has 3 rings (SSSR count). The average Bonchev–Trinajstić information content (AvgIpc) is 3.09. The van der Waals surface area contributed by atoms with Gasteiger partial charge in [-0.05, 0) is 25.7 Å². The third-order valence-corrected chi connectivity index (χ3v) is 3.76. The molecule has 0 unspecified atom stereocenters. The van der Waals surface area contributed by atoms with Crippen LogP contribution in [0.25, 0.3) is 5.65 Å². The zero-order chi connectivity index (χ0) is 18.5. The molecule has 0 aliphatic carbocycles. The third-order valence-electron chi connectivity index (χ3n) is 3.76. The van der Waals surface area contributed by atoms with Crippen molar-refractivity contribution in [1.82, 2.24) is 30.1 Å². The molecule has 0 saturated heterocycles. The van der Waals surface area contributed by atoms with E-state index < -0.39 is 0 Å². The highest BCUT2D eigenvalue weighted by atomic mass is 19.1. The van der Waals surface area contributed by atoms with Crippen molar-refractivity contribution in [3.05, 3.63) is 65.6 Å². The second-order valence-electron chi connectivity index (χ2n) is 6.10. The molecule has 0 atom stereocenters. The lowest BCUT2D eigenvalue weighted by Gasteiger charge is -2.13. The first-order valence-electron chi connectivity index (χ1n) is 8.26. The van der Waals surface area contributed by atoms with E-state index in [0.29, 0.717) is 41.5 Å². The van der Waals surface area contributed by atoms with Gasteiger partial charge in [0.1, 0.15) is 11.5 Å². The smallest absolute Gasteiger partial charge is 0.164 e. The van der Waals surface area contributed by atoms with Gasteiger partial charge in [-0.3, -0.25) is 4.90 Å². The number of hydrogen-bond donors (Lipinski definition) is 2. The van der Waals surface area contributed by atoms with E-state index in [1.54, 1.807) is 25.4 Å². The number of hydrazine groups is 1. The minimum absolute atomic E-state index is 0.251. The maximum absolute atomic E-state index is 14.1. The Balaban J connectivity index is 2.04. The molecule has 0 fully saturated rings. The van der Waals surface area contributed by atoms with E-state index in [4.69, 9.17) is 4.98 Å². The number of halogens is 1. The molecule has 1 aromatic carbocycles. The normalized spacial score (nSPS) is 12.1. The minimum atomic E-state index is -0.251. The number of nitrogens with one attached hydrogen (secondary N) is 2. The van der Waals surface area contributed by atoms with Crippen LogP contribution in [0.2, 0.25) is 0 Å². The van der Waals surface area contributed by atoms with Gasteiger partial charge in [0.2, 0.25) is 0 Å². The van der Waals surface area contributed by atoms with Crippen LogP contribution in [0.15, 0.2) is 47.8 Å². The van der Waals surface area contributed by atoms with Gasteiger partial charge in [-0.1, -0.05) is 18.2 Å². The van der Waals surface area contributed by atoms with Crippen LogP contribution in [-0.4, -0.2) is 52.9 Å². The Hall–Kier alpha value is -2.84. The predicted molar refractivity (Wildman–Crippen MR) is 99.5 cm³/mol. The van der Waals surface area contributed by atoms with Crippen LogP contribution in [0.5, 0.6) is 0 Å². The van der Waals surface area contributed by atoms with Crippen molar-refractivity contribution in [2.45, 2.75) is 6.42 Å². The first-order valence-corrected chi connectivity index (χ1v) is 8.26. The molecule has 2 heterocycles. The Labute approximate surface area is 151 Å². The second kappa shape index (κ2) is 8.03. The first kappa shape index (κ1) is 18.0. The number of nitrogens with zero attached hydrogens (tertiary/aromatic N) is 5. The molecule has 8 heteroatoms. The summed E-state index contributed by atoms with van der Waals surface area (Å²) < 4.78 is 16.0. The lowest BCUT2D eigenvalue weighted by molar-refractivity contribution is 0.423. The highest BCUT2D eigenvalue weighted by Gasteiger charge is 2.14. The maximum Gasteiger partial charge on any atom is 0.164 e. The fraction of sp³-hybridized carbons (Fsp3) is 0.278. The third kappa shape index (κ3) is 4.04. The molecule has 2 aromatic heterocycles. The first-order chi connectivity index (χ1) is 12.6. The molecule has 26 heavy (non-hydrogen) atoms. The number of aromatic nitrogens is 3. The van der Waals surface area contributed by atoms with E-state index in [1.165, 1.54) is 6.07 Å². The van der Waals surface area contributed by atoms with Crippen molar-refractivity contribution < 1.29 is 4.39 Å². The summed E-state index contributed by atoms with van der Waals surface area (Å²) in [5.41, 5.74) is 8.52. The fourth-order valence-electron chi connectivity index (χ4n) is 2.57. The van der Waals surface area contributed by atoms with Crippen molar-refractivity contribution in [3.8, 4) is 0 Å². The number of aliphatic imine (C=N–C) groups is 1. The molecule has 7 nitrogen and oxygen atoms in total. The van der Waals surface area contributed by atoms with Crippen molar-refractivity contribution in [3.63, 3.8) is 0 Å². The SMILES string of the molecule is CNNC(=NCN(C)C)c1cn2ccnc2c(Cc2ccccc2F)n1. The zero-order valence-electron chi connectivity index (χ0n) is 15.1. The summed E-state index contributed by atoms with van der Waals surface area (Å²) in [6.07, 6.45) is 5.75. The van der Waals surface area contributed by atoms with Crippen LogP contribution in [-0.2, 0) is 6.42 Å². The van der Waals surface area contributed by atoms with Crippen LogP contribution < -0.4 is 10.9 Å². The average molecular weight is 355 g/mol. The van der Waals surface area contributed by atoms with Gasteiger partial charge >= 0.3 is 0 Å². The molecular weight excluding hydrogens is 333 g/mol. The van der Waals surface area contributed by atoms with Crippen molar-refractivity contribution in [2.24, 2.45) is 4.99 Å². The zero-order valence-corrected chi connectivity index (χ0v) is 15.1. The van der Waals surface area contributed by atoms with E-state index in [9.17, 15) is 4.39 Å². The highest BCUT2D eigenvalue weighted by molar-refractivity contribution is 5.96. The van der Waals surface area contributed by atoms with E-state index >= 15 is 0 Å². The summed E-state index contributed by atoms with van der Waals surface area (Å²) >= 11 is 0. The van der Waals surface area contributed by atoms with Gasteiger partial charge in [-0.2, -0.15) is 0 Å². The van der Waals surface area contributed by atoms with E-state index in [2.05, 4.69) is 20.8 Å². The van der Waals surface area contributed by atoms with Gasteiger partial charge in [-0.25, -0.2) is 24.8 Å². The molecule has 2 N–H and O–H groups in total. The number of hydrogen-bond acceptors (Lipinski definition) is 5. The number of benzene rings is 1. The number of imidazole rings is 1. The topological polar surface area (TPSA) is 69.9 Å². The largest absolute Gasteiger partial charge is 0.304 e. The maximum atomic E-state index is 14.1. The molecule has 0 aliphatic rings. The van der Waals surface area contributed by atoms with Crippen molar-refractivity contribution >= 4 is 11.5 Å². The molecule has 0 amide bonds. The van der Waals surface area contributed by atoms with Gasteiger partial charge < -0.3 is 9.83 Å². The van der Waals surface area contributed by atoms with Crippen LogP contribution in [0.3, 0.4) is 0 Å². The van der Waals surface area contributed by atoms with Crippen LogP contribution in [0.4, 0.5) is 4.39 Å². The highest BCUT2D eigenvalue weighted by Crippen LogP contribution is 2.16. The summed E-state index contributed by atoms with van der Waals surface area (Å²) in [6.45, 7) is 0.510. The molecule has 0 radical (unpaired) electrons. The molecule has 0 saturated carbocycles. The summed E-state index contributed by atoms with van der Waals surface area (Å²) in [4.78, 5) is 15.6. The summed E-state index contributed by atoms with van der Waals surface area (Å²) in [5, 5.41) is 0. The molecule has 0 spiro atoms. The lowest BCUT2D eigenvalue weighted by atomic mass is 10.1. The van der Waals surface area contributed by atoms with Crippen LogP contribution >= 0.6 is 0 Å². The summed E-state index contributed by atoms with van der Waals surface area (Å²) in [6, 6.07) is 6.71. The molecule has 0 aliphatic heterocycles. The summed E-state index contributed by atoms with van der Waals surface area (Å²) in [7, 11) is 5.65. The fourth-order valence-corrected chi connectivity index (χ4v) is 2.57. The van der Waals surface area contributed by atoms with E-state index in [1.807, 2.05) is 41.9 Å². The van der Waals surface area contributed by atoms with E-state index in [0.717, 1.165) is 0 Å². The Morgan fingerprint density at radius 3 is 2.85 bits per heavy atom.